The van der Waals surface area contributed by atoms with Crippen molar-refractivity contribution >= 4 is 22.2 Å². The van der Waals surface area contributed by atoms with E-state index in [0.29, 0.717) is 12.5 Å². The van der Waals surface area contributed by atoms with E-state index in [9.17, 15) is 18.0 Å². The van der Waals surface area contributed by atoms with Crippen molar-refractivity contribution in [1.82, 2.24) is 14.5 Å². The molecular formula is C21H22F3N3OS. The Bertz CT molecular complexity index is 1020. The maximum Gasteiger partial charge on any atom is 0.433 e. The lowest BCUT2D eigenvalue weighted by Gasteiger charge is -2.32. The highest BCUT2D eigenvalue weighted by atomic mass is 32.1. The molecule has 1 aliphatic heterocycles. The molecule has 0 aromatic carbocycles. The van der Waals surface area contributed by atoms with Gasteiger partial charge in [0.15, 0.2) is 0 Å². The van der Waals surface area contributed by atoms with Crippen LogP contribution in [0.4, 0.5) is 13.2 Å². The van der Waals surface area contributed by atoms with E-state index >= 15 is 0 Å². The fourth-order valence-electron chi connectivity index (χ4n) is 3.86. The van der Waals surface area contributed by atoms with Gasteiger partial charge in [0.1, 0.15) is 5.69 Å². The second-order valence-corrected chi connectivity index (χ2v) is 8.55. The van der Waals surface area contributed by atoms with Gasteiger partial charge in [-0.25, -0.2) is 4.98 Å². The van der Waals surface area contributed by atoms with E-state index in [4.69, 9.17) is 0 Å². The van der Waals surface area contributed by atoms with Gasteiger partial charge in [-0.3, -0.25) is 4.79 Å². The normalized spacial score (nSPS) is 16.5. The Kier molecular flexibility index (Phi) is 5.74. The van der Waals surface area contributed by atoms with Crippen LogP contribution in [-0.4, -0.2) is 34.1 Å². The third-order valence-electron chi connectivity index (χ3n) is 5.54. The standard InChI is InChI=1S/C21H22F3N3OS/c22-21(23,24)19-4-3-17-18(25-19)8-12-27(20(17)28)14-15-5-9-26(10-6-15)11-7-16-2-1-13-29-16/h1-4,8,12-13,15H,5-7,9-11,14H2. The fraction of sp³-hybridized carbons (Fsp3) is 0.429. The first-order valence-corrected chi connectivity index (χ1v) is 10.6. The minimum atomic E-state index is -4.51. The number of likely N-dealkylation sites (tertiary alicyclic amines) is 1. The Labute approximate surface area is 170 Å². The van der Waals surface area contributed by atoms with Gasteiger partial charge in [0.05, 0.1) is 10.9 Å². The molecule has 4 nitrogen and oxygen atoms in total. The summed E-state index contributed by atoms with van der Waals surface area (Å²) < 4.78 is 40.1. The Morgan fingerprint density at radius 2 is 1.93 bits per heavy atom. The van der Waals surface area contributed by atoms with Crippen LogP contribution >= 0.6 is 11.3 Å². The quantitative estimate of drug-likeness (QED) is 0.612. The summed E-state index contributed by atoms with van der Waals surface area (Å²) in [7, 11) is 0. The van der Waals surface area contributed by atoms with Crippen LogP contribution in [0, 0.1) is 5.92 Å². The van der Waals surface area contributed by atoms with E-state index in [2.05, 4.69) is 27.4 Å². The van der Waals surface area contributed by atoms with Crippen LogP contribution in [0.3, 0.4) is 0 Å². The van der Waals surface area contributed by atoms with Gasteiger partial charge in [-0.15, -0.1) is 11.3 Å². The smallest absolute Gasteiger partial charge is 0.315 e. The predicted octanol–water partition coefficient (Wildman–Crippen LogP) is 4.43. The van der Waals surface area contributed by atoms with Crippen molar-refractivity contribution < 1.29 is 13.2 Å². The van der Waals surface area contributed by atoms with Crippen LogP contribution in [0.15, 0.2) is 46.7 Å². The first kappa shape index (κ1) is 20.1. The van der Waals surface area contributed by atoms with Gasteiger partial charge < -0.3 is 9.47 Å². The van der Waals surface area contributed by atoms with E-state index in [1.54, 1.807) is 22.1 Å². The summed E-state index contributed by atoms with van der Waals surface area (Å²) in [5.74, 6) is 0.394. The first-order valence-electron chi connectivity index (χ1n) is 9.72. The third kappa shape index (κ3) is 4.70. The van der Waals surface area contributed by atoms with Crippen molar-refractivity contribution in [2.45, 2.75) is 32.0 Å². The number of halogens is 3. The summed E-state index contributed by atoms with van der Waals surface area (Å²) in [4.78, 5) is 20.2. The van der Waals surface area contributed by atoms with Crippen LogP contribution in [0.5, 0.6) is 0 Å². The number of thiophene rings is 1. The topological polar surface area (TPSA) is 38.1 Å². The zero-order chi connectivity index (χ0) is 20.4. The maximum absolute atomic E-state index is 12.8. The van der Waals surface area contributed by atoms with E-state index in [1.165, 1.54) is 17.0 Å². The first-order chi connectivity index (χ1) is 13.9. The molecule has 1 fully saturated rings. The van der Waals surface area contributed by atoms with Crippen LogP contribution in [0.1, 0.15) is 23.4 Å². The predicted molar refractivity (Wildman–Crippen MR) is 108 cm³/mol. The molecule has 29 heavy (non-hydrogen) atoms. The summed E-state index contributed by atoms with van der Waals surface area (Å²) in [6, 6.07) is 7.85. The molecule has 0 saturated carbocycles. The molecule has 1 saturated heterocycles. The summed E-state index contributed by atoms with van der Waals surface area (Å²) in [5, 5.41) is 2.33. The third-order valence-corrected chi connectivity index (χ3v) is 6.47. The average molecular weight is 421 g/mol. The fourth-order valence-corrected chi connectivity index (χ4v) is 4.56. The van der Waals surface area contributed by atoms with Crippen molar-refractivity contribution in [2.75, 3.05) is 19.6 Å². The lowest BCUT2D eigenvalue weighted by atomic mass is 9.96. The van der Waals surface area contributed by atoms with Crippen molar-refractivity contribution in [1.29, 1.82) is 0 Å². The molecule has 0 spiro atoms. The van der Waals surface area contributed by atoms with Crippen LogP contribution in [0.2, 0.25) is 0 Å². The van der Waals surface area contributed by atoms with Crippen molar-refractivity contribution in [2.24, 2.45) is 5.92 Å². The molecule has 0 aliphatic carbocycles. The van der Waals surface area contributed by atoms with Crippen molar-refractivity contribution in [3.8, 4) is 0 Å². The summed E-state index contributed by atoms with van der Waals surface area (Å²) in [6.45, 7) is 3.66. The molecular weight excluding hydrogens is 399 g/mol. The second-order valence-electron chi connectivity index (χ2n) is 7.51. The zero-order valence-electron chi connectivity index (χ0n) is 15.9. The van der Waals surface area contributed by atoms with Crippen LogP contribution < -0.4 is 5.56 Å². The van der Waals surface area contributed by atoms with E-state index in [1.807, 2.05) is 0 Å². The zero-order valence-corrected chi connectivity index (χ0v) is 16.7. The Morgan fingerprint density at radius 3 is 2.62 bits per heavy atom. The van der Waals surface area contributed by atoms with Crippen molar-refractivity contribution in [3.05, 3.63) is 62.8 Å². The highest BCUT2D eigenvalue weighted by molar-refractivity contribution is 7.09. The number of hydrogen-bond donors (Lipinski definition) is 0. The lowest BCUT2D eigenvalue weighted by molar-refractivity contribution is -0.140. The molecule has 3 aromatic rings. The molecule has 0 amide bonds. The second kappa shape index (κ2) is 8.28. The molecule has 0 atom stereocenters. The van der Waals surface area contributed by atoms with E-state index < -0.39 is 11.9 Å². The Hall–Kier alpha value is -2.19. The SMILES string of the molecule is O=c1c2ccc(C(F)(F)F)nc2ccn1CC1CCN(CCc2cccs2)CC1. The molecule has 3 aromatic heterocycles. The molecule has 4 heterocycles. The largest absolute Gasteiger partial charge is 0.433 e. The van der Waals surface area contributed by atoms with E-state index in [0.717, 1.165) is 45.0 Å². The number of alkyl halides is 3. The molecule has 0 radical (unpaired) electrons. The van der Waals surface area contributed by atoms with Gasteiger partial charge in [-0.1, -0.05) is 6.07 Å². The molecule has 154 valence electrons. The number of nitrogens with zero attached hydrogens (tertiary/aromatic N) is 3. The molecule has 4 rings (SSSR count). The summed E-state index contributed by atoms with van der Waals surface area (Å²) in [6.07, 6.45) is 0.154. The maximum atomic E-state index is 12.8. The van der Waals surface area contributed by atoms with Gasteiger partial charge in [-0.05, 0) is 67.9 Å². The molecule has 8 heteroatoms. The summed E-state index contributed by atoms with van der Waals surface area (Å²) in [5.41, 5.74) is -1.16. The van der Waals surface area contributed by atoms with Crippen LogP contribution in [-0.2, 0) is 19.1 Å². The number of fused-ring (bicyclic) bond motifs is 1. The number of hydrogen-bond acceptors (Lipinski definition) is 4. The van der Waals surface area contributed by atoms with Crippen LogP contribution in [0.25, 0.3) is 10.9 Å². The minimum absolute atomic E-state index is 0.0875. The average Bonchev–Trinajstić information content (AvgIpc) is 3.22. The number of pyridine rings is 2. The molecule has 0 N–H and O–H groups in total. The Morgan fingerprint density at radius 1 is 1.14 bits per heavy atom. The molecule has 0 unspecified atom stereocenters. The van der Waals surface area contributed by atoms with Gasteiger partial charge in [0.2, 0.25) is 0 Å². The number of piperidine rings is 1. The van der Waals surface area contributed by atoms with Gasteiger partial charge >= 0.3 is 6.18 Å². The van der Waals surface area contributed by atoms with Gasteiger partial charge in [0, 0.05) is 24.2 Å². The van der Waals surface area contributed by atoms with E-state index in [-0.39, 0.29) is 16.5 Å². The minimum Gasteiger partial charge on any atom is -0.315 e. The van der Waals surface area contributed by atoms with Gasteiger partial charge in [-0.2, -0.15) is 13.2 Å². The summed E-state index contributed by atoms with van der Waals surface area (Å²) >= 11 is 1.79. The number of rotatable bonds is 5. The number of aromatic nitrogens is 2. The molecule has 0 bridgehead atoms. The molecule has 1 aliphatic rings. The lowest BCUT2D eigenvalue weighted by Crippen LogP contribution is -2.37. The monoisotopic (exact) mass is 421 g/mol. The Balaban J connectivity index is 1.38. The van der Waals surface area contributed by atoms with Crippen molar-refractivity contribution in [3.63, 3.8) is 0 Å². The highest BCUT2D eigenvalue weighted by Crippen LogP contribution is 2.28. The van der Waals surface area contributed by atoms with Gasteiger partial charge in [0.25, 0.3) is 5.56 Å². The highest BCUT2D eigenvalue weighted by Gasteiger charge is 2.32.